The van der Waals surface area contributed by atoms with E-state index in [2.05, 4.69) is 10.1 Å². The molecule has 0 bridgehead atoms. The minimum absolute atomic E-state index is 0.0545. The van der Waals surface area contributed by atoms with E-state index in [1.807, 2.05) is 37.4 Å². The van der Waals surface area contributed by atoms with Crippen molar-refractivity contribution in [3.63, 3.8) is 0 Å². The number of nitrogens with two attached hydrogens (primary N) is 1. The van der Waals surface area contributed by atoms with E-state index in [9.17, 15) is 4.79 Å². The second kappa shape index (κ2) is 5.57. The quantitative estimate of drug-likeness (QED) is 0.800. The van der Waals surface area contributed by atoms with Gasteiger partial charge in [0.05, 0.1) is 12.3 Å². The van der Waals surface area contributed by atoms with Gasteiger partial charge in [-0.2, -0.15) is 5.10 Å². The van der Waals surface area contributed by atoms with Crippen molar-refractivity contribution in [3.8, 4) is 11.1 Å². The fraction of sp³-hybridized carbons (Fsp3) is 0.188. The Morgan fingerprint density at radius 1 is 1.23 bits per heavy atom. The zero-order valence-corrected chi connectivity index (χ0v) is 12.4. The molecule has 0 unspecified atom stereocenters. The van der Waals surface area contributed by atoms with Crippen molar-refractivity contribution in [2.24, 2.45) is 5.73 Å². The van der Waals surface area contributed by atoms with Gasteiger partial charge in [0.1, 0.15) is 5.56 Å². The molecular formula is C16H16N4O2. The van der Waals surface area contributed by atoms with Crippen molar-refractivity contribution in [3.05, 3.63) is 54.0 Å². The molecule has 112 valence electrons. The molecule has 1 amide bonds. The summed E-state index contributed by atoms with van der Waals surface area (Å²) >= 11 is 0. The fourth-order valence-electron chi connectivity index (χ4n) is 2.28. The predicted molar refractivity (Wildman–Crippen MR) is 82.4 cm³/mol. The topological polar surface area (TPSA) is 82.5 Å². The standard InChI is InChI=1S/C16H16N4O2/c1-10(22-2)11-3-5-12(6-4-11)13-7-18-16-14(15(17)21)8-19-20(16)9-13/h3-10H,1-2H3,(H2,17,21)/t10-/m0/s1. The first-order valence-corrected chi connectivity index (χ1v) is 6.86. The summed E-state index contributed by atoms with van der Waals surface area (Å²) in [5.74, 6) is -0.534. The van der Waals surface area contributed by atoms with E-state index in [1.165, 1.54) is 6.20 Å². The molecule has 3 rings (SSSR count). The monoisotopic (exact) mass is 296 g/mol. The summed E-state index contributed by atoms with van der Waals surface area (Å²) in [6.45, 7) is 2.00. The van der Waals surface area contributed by atoms with Gasteiger partial charge in [0.2, 0.25) is 0 Å². The summed E-state index contributed by atoms with van der Waals surface area (Å²) in [5.41, 5.74) is 9.09. The Balaban J connectivity index is 1.98. The Kier molecular flexibility index (Phi) is 3.60. The maximum absolute atomic E-state index is 11.3. The van der Waals surface area contributed by atoms with Crippen LogP contribution < -0.4 is 5.73 Å². The first-order chi connectivity index (χ1) is 10.6. The van der Waals surface area contributed by atoms with Crippen LogP contribution in [0.5, 0.6) is 0 Å². The molecule has 0 saturated carbocycles. The molecule has 0 radical (unpaired) electrons. The van der Waals surface area contributed by atoms with Crippen molar-refractivity contribution >= 4 is 11.6 Å². The Labute approximate surface area is 127 Å². The van der Waals surface area contributed by atoms with E-state index in [-0.39, 0.29) is 6.10 Å². The molecule has 0 fully saturated rings. The van der Waals surface area contributed by atoms with E-state index in [0.717, 1.165) is 16.7 Å². The molecule has 6 heteroatoms. The van der Waals surface area contributed by atoms with Crippen LogP contribution >= 0.6 is 0 Å². The van der Waals surface area contributed by atoms with Crippen molar-refractivity contribution < 1.29 is 9.53 Å². The van der Waals surface area contributed by atoms with E-state index in [0.29, 0.717) is 11.2 Å². The molecule has 0 aliphatic carbocycles. The number of benzene rings is 1. The van der Waals surface area contributed by atoms with E-state index in [1.54, 1.807) is 17.8 Å². The molecule has 6 nitrogen and oxygen atoms in total. The number of hydrogen-bond donors (Lipinski definition) is 1. The minimum Gasteiger partial charge on any atom is -0.377 e. The average molecular weight is 296 g/mol. The van der Waals surface area contributed by atoms with E-state index < -0.39 is 5.91 Å². The predicted octanol–water partition coefficient (Wildman–Crippen LogP) is 2.20. The number of rotatable bonds is 4. The number of ether oxygens (including phenoxy) is 1. The number of methoxy groups -OCH3 is 1. The number of fused-ring (bicyclic) bond motifs is 1. The number of carbonyl (C=O) groups excluding carboxylic acids is 1. The number of carbonyl (C=O) groups is 1. The highest BCUT2D eigenvalue weighted by Crippen LogP contribution is 2.23. The Hall–Kier alpha value is -2.73. The molecule has 1 atom stereocenters. The highest BCUT2D eigenvalue weighted by atomic mass is 16.5. The molecule has 2 N–H and O–H groups in total. The van der Waals surface area contributed by atoms with Crippen molar-refractivity contribution in [2.75, 3.05) is 7.11 Å². The first-order valence-electron chi connectivity index (χ1n) is 6.86. The van der Waals surface area contributed by atoms with Crippen LogP contribution in [0.25, 0.3) is 16.8 Å². The number of nitrogens with zero attached hydrogens (tertiary/aromatic N) is 3. The van der Waals surface area contributed by atoms with Gasteiger partial charge in [-0.15, -0.1) is 0 Å². The van der Waals surface area contributed by atoms with Gasteiger partial charge >= 0.3 is 0 Å². The maximum atomic E-state index is 11.3. The SMILES string of the molecule is CO[C@@H](C)c1ccc(-c2cnc3c(C(N)=O)cnn3c2)cc1. The third-order valence-electron chi connectivity index (χ3n) is 3.69. The van der Waals surface area contributed by atoms with E-state index in [4.69, 9.17) is 10.5 Å². The highest BCUT2D eigenvalue weighted by molar-refractivity contribution is 5.98. The second-order valence-electron chi connectivity index (χ2n) is 5.03. The van der Waals surface area contributed by atoms with Crippen LogP contribution in [0.2, 0.25) is 0 Å². The summed E-state index contributed by atoms with van der Waals surface area (Å²) < 4.78 is 6.85. The lowest BCUT2D eigenvalue weighted by molar-refractivity contribution is 0.100. The summed E-state index contributed by atoms with van der Waals surface area (Å²) in [7, 11) is 1.68. The Morgan fingerprint density at radius 3 is 2.59 bits per heavy atom. The lowest BCUT2D eigenvalue weighted by Gasteiger charge is -2.10. The summed E-state index contributed by atoms with van der Waals surface area (Å²) in [5, 5.41) is 4.12. The third kappa shape index (κ3) is 2.44. The minimum atomic E-state index is -0.534. The number of aromatic nitrogens is 3. The smallest absolute Gasteiger partial charge is 0.254 e. The van der Waals surface area contributed by atoms with Crippen LogP contribution in [-0.4, -0.2) is 27.6 Å². The molecule has 0 spiro atoms. The van der Waals surface area contributed by atoms with Crippen LogP contribution in [0.3, 0.4) is 0 Å². The fourth-order valence-corrected chi connectivity index (χ4v) is 2.28. The van der Waals surface area contributed by atoms with Gasteiger partial charge in [-0.3, -0.25) is 4.79 Å². The largest absolute Gasteiger partial charge is 0.377 e. The Bertz CT molecular complexity index is 824. The number of amides is 1. The van der Waals surface area contributed by atoms with Gasteiger partial charge in [-0.25, -0.2) is 9.50 Å². The number of primary amides is 1. The normalized spacial score (nSPS) is 12.5. The second-order valence-corrected chi connectivity index (χ2v) is 5.03. The first kappa shape index (κ1) is 14.2. The van der Waals surface area contributed by atoms with Crippen LogP contribution in [0.15, 0.2) is 42.9 Å². The van der Waals surface area contributed by atoms with Gasteiger partial charge in [-0.05, 0) is 18.1 Å². The molecule has 22 heavy (non-hydrogen) atoms. The van der Waals surface area contributed by atoms with Gasteiger partial charge in [-0.1, -0.05) is 24.3 Å². The molecule has 1 aromatic carbocycles. The van der Waals surface area contributed by atoms with Gasteiger partial charge < -0.3 is 10.5 Å². The molecular weight excluding hydrogens is 280 g/mol. The van der Waals surface area contributed by atoms with Gasteiger partial charge in [0.25, 0.3) is 5.91 Å². The highest BCUT2D eigenvalue weighted by Gasteiger charge is 2.11. The summed E-state index contributed by atoms with van der Waals surface area (Å²) in [6.07, 6.45) is 5.01. The van der Waals surface area contributed by atoms with Gasteiger partial charge in [0, 0.05) is 25.1 Å². The van der Waals surface area contributed by atoms with Crippen molar-refractivity contribution in [1.82, 2.24) is 14.6 Å². The van der Waals surface area contributed by atoms with Crippen molar-refractivity contribution in [2.45, 2.75) is 13.0 Å². The maximum Gasteiger partial charge on any atom is 0.254 e. The molecule has 3 aromatic rings. The molecule has 2 heterocycles. The van der Waals surface area contributed by atoms with Crippen LogP contribution in [-0.2, 0) is 4.74 Å². The summed E-state index contributed by atoms with van der Waals surface area (Å²) in [4.78, 5) is 15.6. The zero-order valence-electron chi connectivity index (χ0n) is 12.4. The zero-order chi connectivity index (χ0) is 15.7. The van der Waals surface area contributed by atoms with Gasteiger partial charge in [0.15, 0.2) is 5.65 Å². The number of hydrogen-bond acceptors (Lipinski definition) is 4. The average Bonchev–Trinajstić information content (AvgIpc) is 2.97. The molecule has 0 saturated heterocycles. The van der Waals surface area contributed by atoms with Crippen LogP contribution in [0, 0.1) is 0 Å². The Morgan fingerprint density at radius 2 is 1.95 bits per heavy atom. The van der Waals surface area contributed by atoms with E-state index >= 15 is 0 Å². The lowest BCUT2D eigenvalue weighted by Crippen LogP contribution is -2.10. The van der Waals surface area contributed by atoms with Crippen molar-refractivity contribution in [1.29, 1.82) is 0 Å². The van der Waals surface area contributed by atoms with Crippen LogP contribution in [0.1, 0.15) is 28.9 Å². The summed E-state index contributed by atoms with van der Waals surface area (Å²) in [6, 6.07) is 8.05. The molecule has 2 aromatic heterocycles. The molecule has 0 aliphatic heterocycles. The third-order valence-corrected chi connectivity index (χ3v) is 3.69. The molecule has 0 aliphatic rings. The lowest BCUT2D eigenvalue weighted by atomic mass is 10.0. The van der Waals surface area contributed by atoms with Crippen LogP contribution in [0.4, 0.5) is 0 Å².